The van der Waals surface area contributed by atoms with E-state index < -0.39 is 0 Å². The molecule has 1 N–H and O–H groups in total. The highest BCUT2D eigenvalue weighted by atomic mass is 19.1. The zero-order valence-corrected chi connectivity index (χ0v) is 18.4. The van der Waals surface area contributed by atoms with E-state index in [1.165, 1.54) is 24.3 Å². The number of aryl methyl sites for hydroxylation is 1. The van der Waals surface area contributed by atoms with E-state index in [0.717, 1.165) is 27.9 Å². The molecule has 5 aromatic rings. The van der Waals surface area contributed by atoms with E-state index >= 15 is 0 Å². The predicted molar refractivity (Wildman–Crippen MR) is 130 cm³/mol. The molecule has 2 aromatic heterocycles. The first kappa shape index (κ1) is 21.3. The van der Waals surface area contributed by atoms with Crippen molar-refractivity contribution < 1.29 is 13.9 Å². The van der Waals surface area contributed by atoms with E-state index in [9.17, 15) is 9.18 Å². The van der Waals surface area contributed by atoms with Crippen molar-refractivity contribution in [3.63, 3.8) is 0 Å². The molecule has 0 radical (unpaired) electrons. The van der Waals surface area contributed by atoms with Gasteiger partial charge in [0, 0.05) is 11.8 Å². The minimum absolute atomic E-state index is 0.247. The van der Waals surface area contributed by atoms with Crippen LogP contribution in [0.4, 0.5) is 10.1 Å². The summed E-state index contributed by atoms with van der Waals surface area (Å²) < 4.78 is 20.7. The van der Waals surface area contributed by atoms with Crippen LogP contribution in [0.5, 0.6) is 5.88 Å². The van der Waals surface area contributed by atoms with Gasteiger partial charge in [-0.2, -0.15) is 10.1 Å². The van der Waals surface area contributed by atoms with E-state index in [4.69, 9.17) is 14.8 Å². The number of rotatable bonds is 6. The lowest BCUT2D eigenvalue weighted by molar-refractivity contribution is -0.118. The first-order valence-electron chi connectivity index (χ1n) is 10.8. The molecule has 0 atom stereocenters. The number of pyridine rings is 1. The third-order valence-corrected chi connectivity index (χ3v) is 5.35. The number of ether oxygens (including phenoxy) is 1. The molecule has 0 unspecified atom stereocenters. The van der Waals surface area contributed by atoms with Gasteiger partial charge in [0.2, 0.25) is 5.88 Å². The molecule has 3 aromatic carbocycles. The highest BCUT2D eigenvalue weighted by Crippen LogP contribution is 2.34. The Hall–Kier alpha value is -4.52. The average molecular weight is 452 g/mol. The standard InChI is InChI=1S/C27H21FN4O2/c1-18-26-23(19-8-4-2-5-9-19)16-25(30-27(26)32(31-18)22-10-6-3-7-11-22)34-17-24(33)29-21-14-12-20(28)13-15-21/h2-16H,17H2,1H3,(H,29,33). The topological polar surface area (TPSA) is 69.0 Å². The normalized spacial score (nSPS) is 10.9. The van der Waals surface area contributed by atoms with Gasteiger partial charge in [-0.05, 0) is 54.4 Å². The van der Waals surface area contributed by atoms with Gasteiger partial charge in [-0.3, -0.25) is 4.79 Å². The number of para-hydroxylation sites is 1. The Labute approximate surface area is 195 Å². The van der Waals surface area contributed by atoms with Gasteiger partial charge in [0.1, 0.15) is 5.82 Å². The number of anilines is 1. The van der Waals surface area contributed by atoms with Gasteiger partial charge in [0.15, 0.2) is 12.3 Å². The van der Waals surface area contributed by atoms with Crippen molar-refractivity contribution in [2.45, 2.75) is 6.92 Å². The molecule has 0 aliphatic rings. The molecule has 168 valence electrons. The van der Waals surface area contributed by atoms with Crippen molar-refractivity contribution in [1.82, 2.24) is 14.8 Å². The SMILES string of the molecule is Cc1nn(-c2ccccc2)c2nc(OCC(=O)Nc3ccc(F)cc3)cc(-c3ccccc3)c12. The molecule has 0 aliphatic heterocycles. The van der Waals surface area contributed by atoms with Gasteiger partial charge in [-0.25, -0.2) is 9.07 Å². The minimum atomic E-state index is -0.373. The van der Waals surface area contributed by atoms with Crippen LogP contribution in [0.3, 0.4) is 0 Å². The maximum Gasteiger partial charge on any atom is 0.262 e. The molecule has 0 bridgehead atoms. The van der Waals surface area contributed by atoms with E-state index in [1.54, 1.807) is 4.68 Å². The highest BCUT2D eigenvalue weighted by Gasteiger charge is 2.18. The lowest BCUT2D eigenvalue weighted by Crippen LogP contribution is -2.20. The first-order chi connectivity index (χ1) is 16.6. The number of fused-ring (bicyclic) bond motifs is 1. The summed E-state index contributed by atoms with van der Waals surface area (Å²) in [6.07, 6.45) is 0. The maximum atomic E-state index is 13.1. The van der Waals surface area contributed by atoms with Crippen LogP contribution in [-0.2, 0) is 4.79 Å². The number of benzene rings is 3. The largest absolute Gasteiger partial charge is 0.467 e. The van der Waals surface area contributed by atoms with E-state index in [-0.39, 0.29) is 18.3 Å². The van der Waals surface area contributed by atoms with E-state index in [1.807, 2.05) is 73.7 Å². The van der Waals surface area contributed by atoms with Crippen LogP contribution in [-0.4, -0.2) is 27.3 Å². The lowest BCUT2D eigenvalue weighted by Gasteiger charge is -2.11. The Bertz CT molecular complexity index is 1450. The van der Waals surface area contributed by atoms with Gasteiger partial charge >= 0.3 is 0 Å². The number of hydrogen-bond donors (Lipinski definition) is 1. The molecule has 1 amide bonds. The molecule has 5 rings (SSSR count). The minimum Gasteiger partial charge on any atom is -0.467 e. The summed E-state index contributed by atoms with van der Waals surface area (Å²) >= 11 is 0. The third kappa shape index (κ3) is 4.36. The zero-order chi connectivity index (χ0) is 23.5. The van der Waals surface area contributed by atoms with Crippen molar-refractivity contribution in [1.29, 1.82) is 0 Å². The zero-order valence-electron chi connectivity index (χ0n) is 18.4. The summed E-state index contributed by atoms with van der Waals surface area (Å²) in [5.41, 5.74) is 4.75. The molecule has 0 aliphatic carbocycles. The van der Waals surface area contributed by atoms with Crippen molar-refractivity contribution in [3.05, 3.63) is 103 Å². The second-order valence-corrected chi connectivity index (χ2v) is 7.75. The fraction of sp³-hybridized carbons (Fsp3) is 0.0741. The molecule has 34 heavy (non-hydrogen) atoms. The Morgan fingerprint density at radius 2 is 1.65 bits per heavy atom. The molecule has 6 nitrogen and oxygen atoms in total. The van der Waals surface area contributed by atoms with Crippen LogP contribution < -0.4 is 10.1 Å². The number of carbonyl (C=O) groups excluding carboxylic acids is 1. The number of carbonyl (C=O) groups is 1. The maximum absolute atomic E-state index is 13.1. The monoisotopic (exact) mass is 452 g/mol. The van der Waals surface area contributed by atoms with Gasteiger partial charge in [0.25, 0.3) is 5.91 Å². The molecular weight excluding hydrogens is 431 g/mol. The summed E-state index contributed by atoms with van der Waals surface area (Å²) in [4.78, 5) is 17.1. The molecule has 0 fully saturated rings. The molecule has 0 spiro atoms. The van der Waals surface area contributed by atoms with Crippen LogP contribution in [0.15, 0.2) is 91.0 Å². The van der Waals surface area contributed by atoms with Crippen LogP contribution in [0.1, 0.15) is 5.69 Å². The summed E-state index contributed by atoms with van der Waals surface area (Å²) in [7, 11) is 0. The first-order valence-corrected chi connectivity index (χ1v) is 10.8. The second-order valence-electron chi connectivity index (χ2n) is 7.75. The van der Waals surface area contributed by atoms with Crippen LogP contribution in [0.2, 0.25) is 0 Å². The predicted octanol–water partition coefficient (Wildman–Crippen LogP) is 5.55. The number of nitrogens with one attached hydrogen (secondary N) is 1. The molecule has 2 heterocycles. The summed E-state index contributed by atoms with van der Waals surface area (Å²) in [5, 5.41) is 8.34. The van der Waals surface area contributed by atoms with Crippen molar-refractivity contribution in [3.8, 4) is 22.7 Å². The molecule has 7 heteroatoms. The van der Waals surface area contributed by atoms with Crippen LogP contribution >= 0.6 is 0 Å². The summed E-state index contributed by atoms with van der Waals surface area (Å²) in [6, 6.07) is 27.0. The fourth-order valence-electron chi connectivity index (χ4n) is 3.80. The quantitative estimate of drug-likeness (QED) is 0.367. The van der Waals surface area contributed by atoms with E-state index in [2.05, 4.69) is 5.32 Å². The number of nitrogens with zero attached hydrogens (tertiary/aromatic N) is 3. The van der Waals surface area contributed by atoms with Crippen LogP contribution in [0, 0.1) is 12.7 Å². The van der Waals surface area contributed by atoms with Gasteiger partial charge < -0.3 is 10.1 Å². The van der Waals surface area contributed by atoms with E-state index in [0.29, 0.717) is 17.2 Å². The van der Waals surface area contributed by atoms with Gasteiger partial charge in [-0.1, -0.05) is 48.5 Å². The van der Waals surface area contributed by atoms with Gasteiger partial charge in [0.05, 0.1) is 16.8 Å². The summed E-state index contributed by atoms with van der Waals surface area (Å²) in [6.45, 7) is 1.70. The van der Waals surface area contributed by atoms with Crippen LogP contribution in [0.25, 0.3) is 27.8 Å². The number of amides is 1. The average Bonchev–Trinajstić information content (AvgIpc) is 3.21. The Morgan fingerprint density at radius 1 is 0.971 bits per heavy atom. The number of halogens is 1. The Balaban J connectivity index is 1.51. The Kier molecular flexibility index (Phi) is 5.74. The summed E-state index contributed by atoms with van der Waals surface area (Å²) in [5.74, 6) is -0.439. The lowest BCUT2D eigenvalue weighted by atomic mass is 10.0. The third-order valence-electron chi connectivity index (χ3n) is 5.35. The van der Waals surface area contributed by atoms with Crippen molar-refractivity contribution in [2.75, 3.05) is 11.9 Å². The fourth-order valence-corrected chi connectivity index (χ4v) is 3.80. The van der Waals surface area contributed by atoms with Crippen molar-refractivity contribution >= 4 is 22.6 Å². The number of hydrogen-bond acceptors (Lipinski definition) is 4. The van der Waals surface area contributed by atoms with Gasteiger partial charge in [-0.15, -0.1) is 0 Å². The molecule has 0 saturated carbocycles. The second kappa shape index (κ2) is 9.15. The molecule has 0 saturated heterocycles. The molecular formula is C27H21FN4O2. The number of aromatic nitrogens is 3. The smallest absolute Gasteiger partial charge is 0.262 e. The Morgan fingerprint density at radius 3 is 2.35 bits per heavy atom. The highest BCUT2D eigenvalue weighted by molar-refractivity contribution is 5.96. The van der Waals surface area contributed by atoms with Crippen molar-refractivity contribution in [2.24, 2.45) is 0 Å².